The number of aliphatic carboxylic acids is 1. The Morgan fingerprint density at radius 2 is 2.20 bits per heavy atom. The van der Waals surface area contributed by atoms with E-state index in [0.717, 1.165) is 12.0 Å². The molecule has 0 aliphatic heterocycles. The van der Waals surface area contributed by atoms with Gasteiger partial charge in [0.25, 0.3) is 0 Å². The van der Waals surface area contributed by atoms with Crippen LogP contribution in [0.2, 0.25) is 0 Å². The van der Waals surface area contributed by atoms with Crippen LogP contribution >= 0.6 is 11.6 Å². The molecule has 15 heavy (non-hydrogen) atoms. The maximum absolute atomic E-state index is 11.0. The maximum atomic E-state index is 11.0. The summed E-state index contributed by atoms with van der Waals surface area (Å²) in [5.41, 5.74) is 2.13. The molecule has 1 saturated carbocycles. The standard InChI is InChI=1S/C12H11ClO2/c13-10-5-7-3-1-2-4-8(7)12(10)6-9(12)11(14)15/h1-4,9-10H,5-6H2,(H,14,15). The molecule has 2 aliphatic carbocycles. The molecule has 1 aromatic rings. The van der Waals surface area contributed by atoms with Crippen molar-refractivity contribution in [2.24, 2.45) is 5.92 Å². The molecule has 0 saturated heterocycles. The van der Waals surface area contributed by atoms with Crippen molar-refractivity contribution in [3.63, 3.8) is 0 Å². The first-order valence-electron chi connectivity index (χ1n) is 5.11. The molecule has 78 valence electrons. The van der Waals surface area contributed by atoms with E-state index in [2.05, 4.69) is 6.07 Å². The van der Waals surface area contributed by atoms with Gasteiger partial charge < -0.3 is 5.11 Å². The normalized spacial score (nSPS) is 36.6. The predicted molar refractivity (Wildman–Crippen MR) is 57.2 cm³/mol. The molecular weight excluding hydrogens is 212 g/mol. The monoisotopic (exact) mass is 222 g/mol. The number of halogens is 1. The Labute approximate surface area is 92.9 Å². The fourth-order valence-corrected chi connectivity index (χ4v) is 3.45. The van der Waals surface area contributed by atoms with Gasteiger partial charge in [-0.2, -0.15) is 0 Å². The molecule has 0 heterocycles. The highest BCUT2D eigenvalue weighted by Crippen LogP contribution is 2.63. The molecule has 1 aromatic carbocycles. The van der Waals surface area contributed by atoms with Crippen LogP contribution in [-0.4, -0.2) is 16.5 Å². The van der Waals surface area contributed by atoms with Crippen LogP contribution in [0, 0.1) is 5.92 Å². The predicted octanol–water partition coefficient (Wildman–Crippen LogP) is 2.19. The Balaban J connectivity index is 2.09. The van der Waals surface area contributed by atoms with Crippen molar-refractivity contribution in [1.29, 1.82) is 0 Å². The van der Waals surface area contributed by atoms with E-state index >= 15 is 0 Å². The first-order valence-corrected chi connectivity index (χ1v) is 5.55. The molecule has 3 atom stereocenters. The van der Waals surface area contributed by atoms with Gasteiger partial charge in [-0.3, -0.25) is 4.79 Å². The molecule has 3 heteroatoms. The minimum absolute atomic E-state index is 0.0454. The second kappa shape index (κ2) is 2.76. The van der Waals surface area contributed by atoms with Crippen molar-refractivity contribution < 1.29 is 9.90 Å². The first kappa shape index (κ1) is 9.22. The Morgan fingerprint density at radius 3 is 2.87 bits per heavy atom. The molecule has 0 amide bonds. The van der Waals surface area contributed by atoms with Gasteiger partial charge in [-0.25, -0.2) is 0 Å². The van der Waals surface area contributed by atoms with Gasteiger partial charge in [0.1, 0.15) is 0 Å². The van der Waals surface area contributed by atoms with Gasteiger partial charge in [-0.15, -0.1) is 11.6 Å². The third-order valence-electron chi connectivity index (χ3n) is 3.78. The van der Waals surface area contributed by atoms with E-state index in [0.29, 0.717) is 6.42 Å². The SMILES string of the molecule is O=C(O)C1CC12c1ccccc1CC2Cl. The van der Waals surface area contributed by atoms with Crippen molar-refractivity contribution in [2.75, 3.05) is 0 Å². The minimum atomic E-state index is -0.711. The molecule has 0 bridgehead atoms. The Hall–Kier alpha value is -1.02. The summed E-state index contributed by atoms with van der Waals surface area (Å²) in [6.45, 7) is 0. The highest BCUT2D eigenvalue weighted by molar-refractivity contribution is 6.23. The number of carboxylic acid groups (broad SMARTS) is 1. The van der Waals surface area contributed by atoms with Crippen molar-refractivity contribution in [2.45, 2.75) is 23.6 Å². The van der Waals surface area contributed by atoms with E-state index in [1.54, 1.807) is 0 Å². The number of benzene rings is 1. The molecule has 2 aliphatic rings. The number of hydrogen-bond donors (Lipinski definition) is 1. The molecule has 3 unspecified atom stereocenters. The van der Waals surface area contributed by atoms with Crippen LogP contribution in [0.15, 0.2) is 24.3 Å². The average molecular weight is 223 g/mol. The number of rotatable bonds is 1. The van der Waals surface area contributed by atoms with Crippen molar-refractivity contribution in [3.05, 3.63) is 35.4 Å². The average Bonchev–Trinajstić information content (AvgIpc) is 2.88. The maximum Gasteiger partial charge on any atom is 0.307 e. The molecule has 1 spiro atoms. The number of carbonyl (C=O) groups is 1. The van der Waals surface area contributed by atoms with Crippen molar-refractivity contribution in [3.8, 4) is 0 Å². The summed E-state index contributed by atoms with van der Waals surface area (Å²) in [7, 11) is 0. The fraction of sp³-hybridized carbons (Fsp3) is 0.417. The Bertz CT molecular complexity index is 443. The summed E-state index contributed by atoms with van der Waals surface area (Å²) in [6.07, 6.45) is 1.51. The molecule has 1 fully saturated rings. The summed E-state index contributed by atoms with van der Waals surface area (Å²) < 4.78 is 0. The van der Waals surface area contributed by atoms with Crippen molar-refractivity contribution >= 4 is 17.6 Å². The van der Waals surface area contributed by atoms with Gasteiger partial charge in [0.15, 0.2) is 0 Å². The van der Waals surface area contributed by atoms with Crippen LogP contribution in [0.1, 0.15) is 17.5 Å². The van der Waals surface area contributed by atoms with Crippen LogP contribution in [0.25, 0.3) is 0 Å². The molecule has 3 rings (SSSR count). The summed E-state index contributed by atoms with van der Waals surface area (Å²) >= 11 is 6.31. The highest BCUT2D eigenvalue weighted by atomic mass is 35.5. The number of fused-ring (bicyclic) bond motifs is 2. The van der Waals surface area contributed by atoms with E-state index in [9.17, 15) is 4.79 Å². The van der Waals surface area contributed by atoms with Crippen LogP contribution in [-0.2, 0) is 16.6 Å². The highest BCUT2D eigenvalue weighted by Gasteiger charge is 2.66. The number of alkyl halides is 1. The molecule has 2 nitrogen and oxygen atoms in total. The molecule has 0 aromatic heterocycles. The lowest BCUT2D eigenvalue weighted by Gasteiger charge is -2.13. The van der Waals surface area contributed by atoms with E-state index in [1.807, 2.05) is 18.2 Å². The second-order valence-electron chi connectivity index (χ2n) is 4.46. The van der Waals surface area contributed by atoms with Gasteiger partial charge in [0, 0.05) is 10.8 Å². The van der Waals surface area contributed by atoms with E-state index < -0.39 is 5.97 Å². The Kier molecular flexibility index (Phi) is 1.70. The summed E-state index contributed by atoms with van der Waals surface area (Å²) in [6, 6.07) is 8.03. The van der Waals surface area contributed by atoms with Gasteiger partial charge in [0.05, 0.1) is 5.92 Å². The topological polar surface area (TPSA) is 37.3 Å². The lowest BCUT2D eigenvalue weighted by molar-refractivity contribution is -0.139. The quantitative estimate of drug-likeness (QED) is 0.740. The Morgan fingerprint density at radius 1 is 1.47 bits per heavy atom. The molecule has 0 radical (unpaired) electrons. The molecule has 1 N–H and O–H groups in total. The summed E-state index contributed by atoms with van der Waals surface area (Å²) in [5, 5.41) is 9.02. The zero-order chi connectivity index (χ0) is 10.6. The lowest BCUT2D eigenvalue weighted by Crippen LogP contribution is -2.21. The van der Waals surface area contributed by atoms with E-state index in [4.69, 9.17) is 16.7 Å². The largest absolute Gasteiger partial charge is 0.481 e. The third-order valence-corrected chi connectivity index (χ3v) is 4.32. The summed E-state index contributed by atoms with van der Waals surface area (Å²) in [4.78, 5) is 11.0. The van der Waals surface area contributed by atoms with Gasteiger partial charge in [0.2, 0.25) is 0 Å². The first-order chi connectivity index (χ1) is 7.16. The molecular formula is C12H11ClO2. The zero-order valence-electron chi connectivity index (χ0n) is 8.11. The number of hydrogen-bond acceptors (Lipinski definition) is 1. The van der Waals surface area contributed by atoms with Crippen LogP contribution in [0.3, 0.4) is 0 Å². The minimum Gasteiger partial charge on any atom is -0.481 e. The summed E-state index contributed by atoms with van der Waals surface area (Å²) in [5.74, 6) is -0.985. The third kappa shape index (κ3) is 1.03. The van der Waals surface area contributed by atoms with E-state index in [-0.39, 0.29) is 16.7 Å². The lowest BCUT2D eigenvalue weighted by atomic mass is 9.95. The second-order valence-corrected chi connectivity index (χ2v) is 4.99. The van der Waals surface area contributed by atoms with Gasteiger partial charge in [-0.05, 0) is 24.0 Å². The zero-order valence-corrected chi connectivity index (χ0v) is 8.87. The van der Waals surface area contributed by atoms with Crippen LogP contribution in [0.4, 0.5) is 0 Å². The van der Waals surface area contributed by atoms with Gasteiger partial charge in [-0.1, -0.05) is 24.3 Å². The van der Waals surface area contributed by atoms with Gasteiger partial charge >= 0.3 is 5.97 Å². The van der Waals surface area contributed by atoms with Crippen molar-refractivity contribution in [1.82, 2.24) is 0 Å². The smallest absolute Gasteiger partial charge is 0.307 e. The number of carboxylic acids is 1. The fourth-order valence-electron chi connectivity index (χ4n) is 2.93. The van der Waals surface area contributed by atoms with E-state index in [1.165, 1.54) is 5.56 Å². The van der Waals surface area contributed by atoms with Crippen LogP contribution in [0.5, 0.6) is 0 Å². The van der Waals surface area contributed by atoms with Crippen LogP contribution < -0.4 is 0 Å².